The fourth-order valence-corrected chi connectivity index (χ4v) is 5.20. The molecule has 5 rings (SSSR count). The minimum absolute atomic E-state index is 0.00834. The minimum Gasteiger partial charge on any atom is -0.508 e. The van der Waals surface area contributed by atoms with Crippen LogP contribution in [0.3, 0.4) is 0 Å². The molecular weight excluding hydrogens is 544 g/mol. The summed E-state index contributed by atoms with van der Waals surface area (Å²) in [7, 11) is 2.55. The Morgan fingerprint density at radius 2 is 1.71 bits per heavy atom. The maximum absolute atomic E-state index is 15.2. The lowest BCUT2D eigenvalue weighted by Crippen LogP contribution is -2.55. The molecule has 0 aliphatic carbocycles. The van der Waals surface area contributed by atoms with Crippen molar-refractivity contribution in [2.24, 2.45) is 4.99 Å². The van der Waals surface area contributed by atoms with Gasteiger partial charge in [-0.2, -0.15) is 13.2 Å². The second-order valence-electron chi connectivity index (χ2n) is 9.63. The van der Waals surface area contributed by atoms with Gasteiger partial charge in [0.25, 0.3) is 0 Å². The number of piperazine rings is 1. The molecule has 12 heteroatoms. The van der Waals surface area contributed by atoms with Crippen LogP contribution < -0.4 is 14.5 Å². The fourth-order valence-electron chi connectivity index (χ4n) is 5.20. The standard InChI is InChI=1S/C29H28F4N4O4/c1-40-25-10-9-18(29(31,32)33)15-24(25)37-23(17-26(39)41-2)21-7-4-8-22(30)27(21)34-28(37)36-13-11-35(12-14-36)19-5-3-6-20(38)16-19/h3-10,15-16,23,38H,11-14,17H2,1-2H3/t23-/m0/s1. The lowest BCUT2D eigenvalue weighted by atomic mass is 9.96. The molecule has 1 fully saturated rings. The van der Waals surface area contributed by atoms with Crippen LogP contribution in [0.5, 0.6) is 11.5 Å². The lowest BCUT2D eigenvalue weighted by Gasteiger charge is -2.45. The molecule has 3 aromatic rings. The molecule has 0 spiro atoms. The molecule has 216 valence electrons. The second kappa shape index (κ2) is 11.2. The van der Waals surface area contributed by atoms with Gasteiger partial charge in [-0.15, -0.1) is 0 Å². The van der Waals surface area contributed by atoms with E-state index in [4.69, 9.17) is 9.47 Å². The normalized spacial score (nSPS) is 17.2. The van der Waals surface area contributed by atoms with Crippen molar-refractivity contribution in [2.45, 2.75) is 18.6 Å². The summed E-state index contributed by atoms with van der Waals surface area (Å²) >= 11 is 0. The summed E-state index contributed by atoms with van der Waals surface area (Å²) in [5.41, 5.74) is 0.265. The van der Waals surface area contributed by atoms with E-state index in [2.05, 4.69) is 9.89 Å². The highest BCUT2D eigenvalue weighted by Crippen LogP contribution is 2.46. The Hall–Kier alpha value is -4.48. The van der Waals surface area contributed by atoms with Crippen LogP contribution in [-0.2, 0) is 15.7 Å². The maximum atomic E-state index is 15.2. The number of nitrogens with zero attached hydrogens (tertiary/aromatic N) is 4. The first-order valence-corrected chi connectivity index (χ1v) is 12.9. The van der Waals surface area contributed by atoms with Crippen molar-refractivity contribution in [2.75, 3.05) is 50.2 Å². The van der Waals surface area contributed by atoms with Crippen molar-refractivity contribution in [1.82, 2.24) is 4.90 Å². The quantitative estimate of drug-likeness (QED) is 0.320. The Labute approximate surface area is 234 Å². The van der Waals surface area contributed by atoms with Crippen molar-refractivity contribution in [1.29, 1.82) is 0 Å². The maximum Gasteiger partial charge on any atom is 0.416 e. The van der Waals surface area contributed by atoms with Gasteiger partial charge in [0.15, 0.2) is 0 Å². The molecule has 8 nitrogen and oxygen atoms in total. The van der Waals surface area contributed by atoms with Crippen LogP contribution in [0, 0.1) is 5.82 Å². The number of anilines is 2. The Bertz CT molecular complexity index is 1470. The van der Waals surface area contributed by atoms with Crippen molar-refractivity contribution in [3.05, 3.63) is 77.6 Å². The van der Waals surface area contributed by atoms with Gasteiger partial charge < -0.3 is 29.3 Å². The van der Waals surface area contributed by atoms with E-state index >= 15 is 4.39 Å². The van der Waals surface area contributed by atoms with Gasteiger partial charge in [0.05, 0.1) is 37.9 Å². The largest absolute Gasteiger partial charge is 0.508 e. The van der Waals surface area contributed by atoms with E-state index in [1.165, 1.54) is 37.3 Å². The minimum atomic E-state index is -4.65. The number of alkyl halides is 3. The molecule has 0 amide bonds. The molecule has 0 radical (unpaired) electrons. The smallest absolute Gasteiger partial charge is 0.416 e. The summed E-state index contributed by atoms with van der Waals surface area (Å²) in [6.07, 6.45) is -4.93. The van der Waals surface area contributed by atoms with Gasteiger partial charge in [-0.1, -0.05) is 18.2 Å². The summed E-state index contributed by atoms with van der Waals surface area (Å²) < 4.78 is 67.1. The molecular formula is C29H28F4N4O4. The van der Waals surface area contributed by atoms with Crippen LogP contribution in [0.25, 0.3) is 0 Å². The third kappa shape index (κ3) is 5.59. The Morgan fingerprint density at radius 1 is 1.00 bits per heavy atom. The number of fused-ring (bicyclic) bond motifs is 1. The third-order valence-corrected chi connectivity index (χ3v) is 7.23. The Morgan fingerprint density at radius 3 is 2.37 bits per heavy atom. The number of aromatic hydroxyl groups is 1. The van der Waals surface area contributed by atoms with Gasteiger partial charge in [-0.05, 0) is 36.4 Å². The van der Waals surface area contributed by atoms with E-state index < -0.39 is 29.6 Å². The predicted molar refractivity (Wildman–Crippen MR) is 145 cm³/mol. The van der Waals surface area contributed by atoms with E-state index in [0.29, 0.717) is 31.7 Å². The van der Waals surface area contributed by atoms with Gasteiger partial charge in [0, 0.05) is 43.5 Å². The number of aliphatic imine (C=N–C) groups is 1. The van der Waals surface area contributed by atoms with E-state index in [1.807, 2.05) is 11.0 Å². The van der Waals surface area contributed by atoms with Crippen molar-refractivity contribution >= 4 is 29.0 Å². The zero-order chi connectivity index (χ0) is 29.3. The van der Waals surface area contributed by atoms with Crippen molar-refractivity contribution in [3.8, 4) is 11.5 Å². The average molecular weight is 573 g/mol. The number of esters is 1. The Balaban J connectivity index is 1.63. The van der Waals surface area contributed by atoms with Gasteiger partial charge in [-0.3, -0.25) is 4.79 Å². The third-order valence-electron chi connectivity index (χ3n) is 7.23. The van der Waals surface area contributed by atoms with Gasteiger partial charge in [0.1, 0.15) is 23.0 Å². The number of carbonyl (C=O) groups excluding carboxylic acids is 1. The molecule has 41 heavy (non-hydrogen) atoms. The highest BCUT2D eigenvalue weighted by Gasteiger charge is 2.40. The monoisotopic (exact) mass is 572 g/mol. The first-order chi connectivity index (χ1) is 19.6. The van der Waals surface area contributed by atoms with Gasteiger partial charge >= 0.3 is 12.1 Å². The number of benzene rings is 3. The van der Waals surface area contributed by atoms with Crippen LogP contribution in [0.4, 0.5) is 34.6 Å². The number of halogens is 4. The summed E-state index contributed by atoms with van der Waals surface area (Å²) in [6, 6.07) is 13.3. The molecule has 0 aromatic heterocycles. The number of ether oxygens (including phenoxy) is 2. The van der Waals surface area contributed by atoms with E-state index in [0.717, 1.165) is 17.8 Å². The molecule has 2 heterocycles. The zero-order valence-corrected chi connectivity index (χ0v) is 22.4. The van der Waals surface area contributed by atoms with E-state index in [-0.39, 0.29) is 35.3 Å². The average Bonchev–Trinajstić information content (AvgIpc) is 2.96. The molecule has 0 unspecified atom stereocenters. The molecule has 2 aliphatic rings. The van der Waals surface area contributed by atoms with Crippen molar-refractivity contribution < 1.29 is 36.9 Å². The molecule has 3 aromatic carbocycles. The number of guanidine groups is 1. The molecule has 1 N–H and O–H groups in total. The number of hydrogen-bond acceptors (Lipinski definition) is 8. The number of hydrogen-bond donors (Lipinski definition) is 1. The van der Waals surface area contributed by atoms with Crippen molar-refractivity contribution in [3.63, 3.8) is 0 Å². The van der Waals surface area contributed by atoms with Crippen LogP contribution in [0.1, 0.15) is 23.6 Å². The van der Waals surface area contributed by atoms with Crippen LogP contribution in [0.15, 0.2) is 65.7 Å². The summed E-state index contributed by atoms with van der Waals surface area (Å²) in [5.74, 6) is -0.814. The highest BCUT2D eigenvalue weighted by molar-refractivity contribution is 6.02. The number of para-hydroxylation sites is 1. The number of phenolic OH excluding ortho intramolecular Hbond substituents is 1. The van der Waals surface area contributed by atoms with Crippen LogP contribution >= 0.6 is 0 Å². The summed E-state index contributed by atoms with van der Waals surface area (Å²) in [4.78, 5) is 22.7. The SMILES string of the molecule is COC(=O)C[C@H]1c2cccc(F)c2N=C(N2CCN(c3cccc(O)c3)CC2)N1c1cc(C(F)(F)F)ccc1OC. The number of methoxy groups -OCH3 is 2. The van der Waals surface area contributed by atoms with Crippen LogP contribution in [-0.4, -0.2) is 62.3 Å². The predicted octanol–water partition coefficient (Wildman–Crippen LogP) is 5.49. The molecule has 1 saturated heterocycles. The van der Waals surface area contributed by atoms with Gasteiger partial charge in [-0.25, -0.2) is 9.38 Å². The molecule has 2 aliphatic heterocycles. The second-order valence-corrected chi connectivity index (χ2v) is 9.63. The fraction of sp³-hybridized carbons (Fsp3) is 0.310. The molecule has 0 saturated carbocycles. The van der Waals surface area contributed by atoms with Crippen LogP contribution in [0.2, 0.25) is 0 Å². The van der Waals surface area contributed by atoms with Gasteiger partial charge in [0.2, 0.25) is 5.96 Å². The highest BCUT2D eigenvalue weighted by atomic mass is 19.4. The number of rotatable bonds is 5. The van der Waals surface area contributed by atoms with E-state index in [9.17, 15) is 23.1 Å². The summed E-state index contributed by atoms with van der Waals surface area (Å²) in [6.45, 7) is 1.73. The Kier molecular flexibility index (Phi) is 7.65. The topological polar surface area (TPSA) is 77.8 Å². The van der Waals surface area contributed by atoms with E-state index in [1.54, 1.807) is 24.3 Å². The number of carbonyl (C=O) groups is 1. The molecule has 0 bridgehead atoms. The number of phenols is 1. The first-order valence-electron chi connectivity index (χ1n) is 12.9. The zero-order valence-electron chi connectivity index (χ0n) is 22.4. The first kappa shape index (κ1) is 28.1. The summed E-state index contributed by atoms with van der Waals surface area (Å²) in [5, 5.41) is 9.90. The molecule has 1 atom stereocenters. The lowest BCUT2D eigenvalue weighted by molar-refractivity contribution is -0.141.